The molecule has 3 N–H and O–H groups in total. The number of rotatable bonds is 4. The van der Waals surface area contributed by atoms with Crippen LogP contribution in [0.4, 0.5) is 10.8 Å². The van der Waals surface area contributed by atoms with Gasteiger partial charge >= 0.3 is 0 Å². The minimum absolute atomic E-state index is 0.420. The fourth-order valence-electron chi connectivity index (χ4n) is 1.10. The van der Waals surface area contributed by atoms with Crippen LogP contribution in [0.5, 0.6) is 5.75 Å². The van der Waals surface area contributed by atoms with Crippen LogP contribution in [0.2, 0.25) is 0 Å². The maximum absolute atomic E-state index is 5.62. The number of nitrogen functional groups attached to an aromatic ring is 1. The Labute approximate surface area is 95.1 Å². The minimum Gasteiger partial charge on any atom is -0.490 e. The maximum Gasteiger partial charge on any atom is 0.197 e. The third-order valence-electron chi connectivity index (χ3n) is 1.76. The number of nitrogens with two attached hydrogens (primary N) is 1. The fourth-order valence-corrected chi connectivity index (χ4v) is 2.34. The summed E-state index contributed by atoms with van der Waals surface area (Å²) in [5.74, 6) is 1.03. The van der Waals surface area contributed by atoms with E-state index >= 15 is 0 Å². The summed E-state index contributed by atoms with van der Waals surface area (Å²) in [7, 11) is 1.58. The van der Waals surface area contributed by atoms with Crippen LogP contribution < -0.4 is 15.8 Å². The molecule has 2 heterocycles. The highest BCUT2D eigenvalue weighted by Crippen LogP contribution is 2.34. The van der Waals surface area contributed by atoms with E-state index < -0.39 is 0 Å². The van der Waals surface area contributed by atoms with E-state index in [1.54, 1.807) is 24.6 Å². The van der Waals surface area contributed by atoms with Crippen molar-refractivity contribution in [3.05, 3.63) is 16.6 Å². The molecular weight excluding hydrogens is 232 g/mol. The predicted molar refractivity (Wildman–Crippen MR) is 62.5 cm³/mol. The van der Waals surface area contributed by atoms with E-state index in [0.29, 0.717) is 18.1 Å². The number of thiazole rings is 1. The molecule has 0 saturated carbocycles. The first-order valence-corrected chi connectivity index (χ1v) is 5.88. The van der Waals surface area contributed by atoms with E-state index in [4.69, 9.17) is 10.5 Å². The van der Waals surface area contributed by atoms with Crippen LogP contribution in [0.1, 0.15) is 5.01 Å². The Hall–Kier alpha value is -1.34. The van der Waals surface area contributed by atoms with Gasteiger partial charge in [0.15, 0.2) is 16.6 Å². The average molecular weight is 242 g/mol. The average Bonchev–Trinajstić information content (AvgIpc) is 2.84. The van der Waals surface area contributed by atoms with Crippen molar-refractivity contribution in [2.24, 2.45) is 0 Å². The van der Waals surface area contributed by atoms with E-state index in [1.807, 2.05) is 5.38 Å². The molecule has 0 radical (unpaired) electrons. The molecule has 0 aromatic carbocycles. The molecule has 2 aromatic rings. The molecule has 7 heteroatoms. The van der Waals surface area contributed by atoms with Gasteiger partial charge in [-0.2, -0.15) is 4.37 Å². The number of nitrogens with zero attached hydrogens (tertiary/aromatic N) is 2. The van der Waals surface area contributed by atoms with Gasteiger partial charge in [0.2, 0.25) is 0 Å². The van der Waals surface area contributed by atoms with Crippen LogP contribution in [-0.2, 0) is 6.54 Å². The van der Waals surface area contributed by atoms with Crippen molar-refractivity contribution in [1.82, 2.24) is 9.36 Å². The highest BCUT2D eigenvalue weighted by Gasteiger charge is 2.11. The molecule has 0 fully saturated rings. The van der Waals surface area contributed by atoms with Crippen LogP contribution in [0.25, 0.3) is 0 Å². The topological polar surface area (TPSA) is 73.1 Å². The summed E-state index contributed by atoms with van der Waals surface area (Å²) in [5.41, 5.74) is 5.62. The van der Waals surface area contributed by atoms with Crippen molar-refractivity contribution in [3.8, 4) is 5.75 Å². The van der Waals surface area contributed by atoms with E-state index in [9.17, 15) is 0 Å². The highest BCUT2D eigenvalue weighted by atomic mass is 32.1. The summed E-state index contributed by atoms with van der Waals surface area (Å²) >= 11 is 2.89. The van der Waals surface area contributed by atoms with E-state index in [0.717, 1.165) is 10.0 Å². The first kappa shape index (κ1) is 10.2. The molecule has 0 spiro atoms. The summed E-state index contributed by atoms with van der Waals surface area (Å²) in [4.78, 5) is 4.16. The zero-order valence-electron chi connectivity index (χ0n) is 8.06. The van der Waals surface area contributed by atoms with Crippen molar-refractivity contribution < 1.29 is 4.74 Å². The molecule has 80 valence electrons. The second-order valence-corrected chi connectivity index (χ2v) is 4.46. The molecule has 2 rings (SSSR count). The van der Waals surface area contributed by atoms with Crippen molar-refractivity contribution in [1.29, 1.82) is 0 Å². The van der Waals surface area contributed by atoms with Crippen molar-refractivity contribution in [3.63, 3.8) is 0 Å². The van der Waals surface area contributed by atoms with Crippen LogP contribution >= 0.6 is 22.9 Å². The predicted octanol–water partition coefficient (Wildman–Crippen LogP) is 1.80. The Morgan fingerprint density at radius 1 is 1.60 bits per heavy atom. The summed E-state index contributed by atoms with van der Waals surface area (Å²) in [6.45, 7) is 0.662. The second-order valence-electron chi connectivity index (χ2n) is 2.71. The van der Waals surface area contributed by atoms with Crippen molar-refractivity contribution in [2.75, 3.05) is 18.2 Å². The SMILES string of the molecule is COc1c(N)nsc1NCc1nccs1. The molecule has 0 aliphatic rings. The zero-order valence-corrected chi connectivity index (χ0v) is 9.69. The Balaban J connectivity index is 2.05. The van der Waals surface area contributed by atoms with Crippen LogP contribution in [-0.4, -0.2) is 16.5 Å². The lowest BCUT2D eigenvalue weighted by atomic mass is 10.5. The molecular formula is C8H10N4OS2. The molecule has 2 aromatic heterocycles. The normalized spacial score (nSPS) is 10.2. The molecule has 5 nitrogen and oxygen atoms in total. The minimum atomic E-state index is 0.420. The smallest absolute Gasteiger partial charge is 0.197 e. The zero-order chi connectivity index (χ0) is 10.7. The monoisotopic (exact) mass is 242 g/mol. The molecule has 0 aliphatic heterocycles. The lowest BCUT2D eigenvalue weighted by molar-refractivity contribution is 0.419. The molecule has 0 unspecified atom stereocenters. The summed E-state index contributed by atoms with van der Waals surface area (Å²) in [6, 6.07) is 0. The number of anilines is 2. The van der Waals surface area contributed by atoms with Gasteiger partial charge in [0.25, 0.3) is 0 Å². The van der Waals surface area contributed by atoms with Crippen molar-refractivity contribution in [2.45, 2.75) is 6.54 Å². The third-order valence-corrected chi connectivity index (χ3v) is 3.34. The number of hydrogen-bond acceptors (Lipinski definition) is 7. The first-order chi connectivity index (χ1) is 7.31. The van der Waals surface area contributed by atoms with Crippen LogP contribution in [0, 0.1) is 0 Å². The van der Waals surface area contributed by atoms with Gasteiger partial charge in [-0.05, 0) is 11.5 Å². The Bertz CT molecular complexity index is 426. The van der Waals surface area contributed by atoms with Gasteiger partial charge in [-0.25, -0.2) is 4.98 Å². The Morgan fingerprint density at radius 3 is 3.13 bits per heavy atom. The third kappa shape index (κ3) is 2.18. The van der Waals surface area contributed by atoms with Gasteiger partial charge in [-0.1, -0.05) is 0 Å². The van der Waals surface area contributed by atoms with Gasteiger partial charge < -0.3 is 15.8 Å². The van der Waals surface area contributed by atoms with Gasteiger partial charge in [-0.3, -0.25) is 0 Å². The van der Waals surface area contributed by atoms with Crippen LogP contribution in [0.15, 0.2) is 11.6 Å². The first-order valence-electron chi connectivity index (χ1n) is 4.22. The largest absolute Gasteiger partial charge is 0.490 e. The molecule has 0 bridgehead atoms. The van der Waals surface area contributed by atoms with Crippen molar-refractivity contribution >= 4 is 33.7 Å². The van der Waals surface area contributed by atoms with Crippen LogP contribution in [0.3, 0.4) is 0 Å². The molecule has 0 saturated heterocycles. The lowest BCUT2D eigenvalue weighted by Gasteiger charge is -2.03. The number of methoxy groups -OCH3 is 1. The quantitative estimate of drug-likeness (QED) is 0.855. The van der Waals surface area contributed by atoms with E-state index in [1.165, 1.54) is 11.5 Å². The summed E-state index contributed by atoms with van der Waals surface area (Å²) in [6.07, 6.45) is 1.78. The van der Waals surface area contributed by atoms with E-state index in [2.05, 4.69) is 14.7 Å². The number of nitrogens with one attached hydrogen (secondary N) is 1. The molecule has 15 heavy (non-hydrogen) atoms. The fraction of sp³-hybridized carbons (Fsp3) is 0.250. The highest BCUT2D eigenvalue weighted by molar-refractivity contribution is 7.11. The molecule has 0 amide bonds. The molecule has 0 aliphatic carbocycles. The van der Waals surface area contributed by atoms with Gasteiger partial charge in [0, 0.05) is 11.6 Å². The summed E-state index contributed by atoms with van der Waals surface area (Å²) in [5, 5.41) is 6.98. The summed E-state index contributed by atoms with van der Waals surface area (Å²) < 4.78 is 9.13. The van der Waals surface area contributed by atoms with Gasteiger partial charge in [0.05, 0.1) is 13.7 Å². The second kappa shape index (κ2) is 4.45. The number of aromatic nitrogens is 2. The molecule has 0 atom stereocenters. The number of ether oxygens (including phenoxy) is 1. The maximum atomic E-state index is 5.62. The Kier molecular flexibility index (Phi) is 3.02. The lowest BCUT2D eigenvalue weighted by Crippen LogP contribution is -1.99. The van der Waals surface area contributed by atoms with Gasteiger partial charge in [-0.15, -0.1) is 11.3 Å². The van der Waals surface area contributed by atoms with Gasteiger partial charge in [0.1, 0.15) is 5.01 Å². The Morgan fingerprint density at radius 2 is 2.47 bits per heavy atom. The standard InChI is InChI=1S/C8H10N4OS2/c1-13-6-7(9)12-15-8(6)11-4-5-10-2-3-14-5/h2-3,11H,4H2,1H3,(H2,9,12). The van der Waals surface area contributed by atoms with E-state index in [-0.39, 0.29) is 0 Å². The number of hydrogen-bond donors (Lipinski definition) is 2.